The number of ether oxygens (including phenoxy) is 1. The summed E-state index contributed by atoms with van der Waals surface area (Å²) in [7, 11) is 1.69. The van der Waals surface area contributed by atoms with Crippen molar-refractivity contribution in [3.05, 3.63) is 29.8 Å². The molecule has 1 fully saturated rings. The molecule has 3 nitrogen and oxygen atoms in total. The topological polar surface area (TPSA) is 41.5 Å². The van der Waals surface area contributed by atoms with E-state index in [0.717, 1.165) is 25.0 Å². The second kappa shape index (κ2) is 6.40. The van der Waals surface area contributed by atoms with Crippen molar-refractivity contribution in [3.8, 4) is 5.75 Å². The maximum atomic E-state index is 9.78. The van der Waals surface area contributed by atoms with E-state index < -0.39 is 0 Å². The van der Waals surface area contributed by atoms with Crippen LogP contribution in [0.5, 0.6) is 5.75 Å². The Morgan fingerprint density at radius 1 is 1.26 bits per heavy atom. The van der Waals surface area contributed by atoms with Gasteiger partial charge in [-0.05, 0) is 37.0 Å². The number of methoxy groups -OCH3 is 1. The van der Waals surface area contributed by atoms with Gasteiger partial charge in [0.1, 0.15) is 5.75 Å². The van der Waals surface area contributed by atoms with Gasteiger partial charge in [0.2, 0.25) is 0 Å². The van der Waals surface area contributed by atoms with Gasteiger partial charge >= 0.3 is 0 Å². The summed E-state index contributed by atoms with van der Waals surface area (Å²) < 4.78 is 5.22. The Morgan fingerprint density at radius 2 is 1.89 bits per heavy atom. The van der Waals surface area contributed by atoms with Gasteiger partial charge in [-0.1, -0.05) is 31.9 Å². The van der Waals surface area contributed by atoms with E-state index in [1.807, 2.05) is 19.1 Å². The Kier molecular flexibility index (Phi) is 4.83. The summed E-state index contributed by atoms with van der Waals surface area (Å²) in [6.07, 6.45) is 5.34. The molecule has 0 aromatic heterocycles. The first kappa shape index (κ1) is 14.4. The lowest BCUT2D eigenvalue weighted by molar-refractivity contribution is 0.149. The van der Waals surface area contributed by atoms with Gasteiger partial charge in [-0.25, -0.2) is 0 Å². The molecule has 1 aromatic carbocycles. The van der Waals surface area contributed by atoms with E-state index in [9.17, 15) is 5.11 Å². The third kappa shape index (κ3) is 3.28. The summed E-state index contributed by atoms with van der Waals surface area (Å²) in [6, 6.07) is 8.34. The summed E-state index contributed by atoms with van der Waals surface area (Å²) in [4.78, 5) is 0. The lowest BCUT2D eigenvalue weighted by Gasteiger charge is -2.32. The number of aliphatic hydroxyl groups excluding tert-OH is 1. The highest BCUT2D eigenvalue weighted by Gasteiger charge is 2.35. The van der Waals surface area contributed by atoms with Crippen molar-refractivity contribution in [2.75, 3.05) is 13.7 Å². The number of rotatable bonds is 6. The molecule has 0 heterocycles. The lowest BCUT2D eigenvalue weighted by atomic mass is 9.88. The standard InChI is InChI=1S/C16H25NO2/c1-3-14(18)12-17-16(10-4-5-11-16)13-6-8-15(19-2)9-7-13/h6-9,14,17-18H,3-5,10-12H2,1-2H3. The SMILES string of the molecule is CCC(O)CNC1(c2ccc(OC)cc2)CCCC1. The largest absolute Gasteiger partial charge is 0.497 e. The van der Waals surface area contributed by atoms with E-state index in [4.69, 9.17) is 4.74 Å². The van der Waals surface area contributed by atoms with Gasteiger partial charge in [0.05, 0.1) is 13.2 Å². The molecular formula is C16H25NO2. The van der Waals surface area contributed by atoms with Gasteiger partial charge < -0.3 is 15.2 Å². The number of benzene rings is 1. The third-order valence-corrected chi connectivity index (χ3v) is 4.25. The first-order chi connectivity index (χ1) is 9.20. The van der Waals surface area contributed by atoms with Crippen LogP contribution in [0.1, 0.15) is 44.6 Å². The van der Waals surface area contributed by atoms with E-state index in [2.05, 4.69) is 17.4 Å². The Bertz CT molecular complexity index is 382. The molecule has 1 aliphatic rings. The highest BCUT2D eigenvalue weighted by Crippen LogP contribution is 2.39. The van der Waals surface area contributed by atoms with Crippen LogP contribution in [-0.4, -0.2) is 24.9 Å². The van der Waals surface area contributed by atoms with Gasteiger partial charge in [-0.3, -0.25) is 0 Å². The zero-order valence-electron chi connectivity index (χ0n) is 12.0. The van der Waals surface area contributed by atoms with Gasteiger partial charge in [-0.15, -0.1) is 0 Å². The molecular weight excluding hydrogens is 238 g/mol. The van der Waals surface area contributed by atoms with Gasteiger partial charge in [0, 0.05) is 12.1 Å². The average molecular weight is 263 g/mol. The second-order valence-electron chi connectivity index (χ2n) is 5.46. The minimum Gasteiger partial charge on any atom is -0.497 e. The molecule has 2 rings (SSSR count). The molecule has 0 spiro atoms. The molecule has 1 aromatic rings. The van der Waals surface area contributed by atoms with Crippen molar-refractivity contribution in [1.29, 1.82) is 0 Å². The first-order valence-corrected chi connectivity index (χ1v) is 7.28. The van der Waals surface area contributed by atoms with Crippen LogP contribution >= 0.6 is 0 Å². The van der Waals surface area contributed by atoms with Gasteiger partial charge in [-0.2, -0.15) is 0 Å². The van der Waals surface area contributed by atoms with E-state index >= 15 is 0 Å². The van der Waals surface area contributed by atoms with Crippen molar-refractivity contribution in [2.45, 2.75) is 50.7 Å². The quantitative estimate of drug-likeness (QED) is 0.829. The molecule has 1 atom stereocenters. The second-order valence-corrected chi connectivity index (χ2v) is 5.46. The molecule has 19 heavy (non-hydrogen) atoms. The zero-order chi connectivity index (χ0) is 13.7. The number of hydrogen-bond donors (Lipinski definition) is 2. The fourth-order valence-corrected chi connectivity index (χ4v) is 2.91. The normalized spacial score (nSPS) is 19.3. The predicted molar refractivity (Wildman–Crippen MR) is 77.4 cm³/mol. The van der Waals surface area contributed by atoms with E-state index in [-0.39, 0.29) is 11.6 Å². The van der Waals surface area contributed by atoms with Crippen LogP contribution in [0.3, 0.4) is 0 Å². The van der Waals surface area contributed by atoms with Gasteiger partial charge in [0.25, 0.3) is 0 Å². The maximum Gasteiger partial charge on any atom is 0.118 e. The monoisotopic (exact) mass is 263 g/mol. The van der Waals surface area contributed by atoms with Crippen LogP contribution in [0.15, 0.2) is 24.3 Å². The van der Waals surface area contributed by atoms with E-state index in [1.165, 1.54) is 18.4 Å². The van der Waals surface area contributed by atoms with Crippen LogP contribution in [0.4, 0.5) is 0 Å². The molecule has 1 aliphatic carbocycles. The Hall–Kier alpha value is -1.06. The summed E-state index contributed by atoms with van der Waals surface area (Å²) >= 11 is 0. The predicted octanol–water partition coefficient (Wildman–Crippen LogP) is 2.83. The number of hydrogen-bond acceptors (Lipinski definition) is 3. The molecule has 2 N–H and O–H groups in total. The maximum absolute atomic E-state index is 9.78. The first-order valence-electron chi connectivity index (χ1n) is 7.28. The molecule has 1 saturated carbocycles. The summed E-state index contributed by atoms with van der Waals surface area (Å²) in [6.45, 7) is 2.68. The molecule has 3 heteroatoms. The average Bonchev–Trinajstić information content (AvgIpc) is 2.95. The Labute approximate surface area is 116 Å². The molecule has 106 valence electrons. The summed E-state index contributed by atoms with van der Waals surface area (Å²) in [5, 5.41) is 13.4. The van der Waals surface area contributed by atoms with Crippen molar-refractivity contribution >= 4 is 0 Å². The summed E-state index contributed by atoms with van der Waals surface area (Å²) in [5.74, 6) is 0.894. The van der Waals surface area contributed by atoms with Crippen molar-refractivity contribution in [3.63, 3.8) is 0 Å². The molecule has 0 bridgehead atoms. The minimum atomic E-state index is -0.254. The van der Waals surface area contributed by atoms with E-state index in [1.54, 1.807) is 7.11 Å². The van der Waals surface area contributed by atoms with Crippen molar-refractivity contribution in [1.82, 2.24) is 5.32 Å². The van der Waals surface area contributed by atoms with Crippen LogP contribution < -0.4 is 10.1 Å². The fraction of sp³-hybridized carbons (Fsp3) is 0.625. The minimum absolute atomic E-state index is 0.0441. The highest BCUT2D eigenvalue weighted by atomic mass is 16.5. The fourth-order valence-electron chi connectivity index (χ4n) is 2.91. The van der Waals surface area contributed by atoms with Crippen LogP contribution in [-0.2, 0) is 5.54 Å². The third-order valence-electron chi connectivity index (χ3n) is 4.25. The Balaban J connectivity index is 2.13. The van der Waals surface area contributed by atoms with Crippen LogP contribution in [0.25, 0.3) is 0 Å². The Morgan fingerprint density at radius 3 is 2.42 bits per heavy atom. The molecule has 1 unspecified atom stereocenters. The molecule has 0 aliphatic heterocycles. The zero-order valence-corrected chi connectivity index (χ0v) is 12.0. The number of nitrogens with one attached hydrogen (secondary N) is 1. The molecule has 0 radical (unpaired) electrons. The van der Waals surface area contributed by atoms with Crippen LogP contribution in [0, 0.1) is 0 Å². The highest BCUT2D eigenvalue weighted by molar-refractivity contribution is 5.32. The van der Waals surface area contributed by atoms with E-state index in [0.29, 0.717) is 6.54 Å². The summed E-state index contributed by atoms with van der Waals surface area (Å²) in [5.41, 5.74) is 1.36. The molecule has 0 amide bonds. The van der Waals surface area contributed by atoms with Crippen molar-refractivity contribution < 1.29 is 9.84 Å². The number of aliphatic hydroxyl groups is 1. The lowest BCUT2D eigenvalue weighted by Crippen LogP contribution is -2.43. The smallest absolute Gasteiger partial charge is 0.118 e. The van der Waals surface area contributed by atoms with Crippen molar-refractivity contribution in [2.24, 2.45) is 0 Å². The molecule has 0 saturated heterocycles. The van der Waals surface area contributed by atoms with Crippen LogP contribution in [0.2, 0.25) is 0 Å². The van der Waals surface area contributed by atoms with Gasteiger partial charge in [0.15, 0.2) is 0 Å².